The third kappa shape index (κ3) is 1.38. The summed E-state index contributed by atoms with van der Waals surface area (Å²) in [5, 5.41) is 8.97. The zero-order valence-electron chi connectivity index (χ0n) is 7.97. The average molecular weight is 202 g/mol. The number of nitrogens with one attached hydrogen (secondary N) is 1. The number of hydrogen-bond acceptors (Lipinski definition) is 2. The monoisotopic (exact) mass is 202 g/mol. The summed E-state index contributed by atoms with van der Waals surface area (Å²) < 4.78 is 12.9. The molecular weight excluding hydrogens is 195 g/mol. The third-order valence-corrected chi connectivity index (χ3v) is 2.26. The van der Waals surface area contributed by atoms with Gasteiger partial charge in [-0.05, 0) is 25.1 Å². The summed E-state index contributed by atoms with van der Waals surface area (Å²) in [5.74, 6) is -0.485. The number of nitrogens with zero attached hydrogens (tertiary/aromatic N) is 1. The summed E-state index contributed by atoms with van der Waals surface area (Å²) in [7, 11) is 0. The second-order valence-electron chi connectivity index (χ2n) is 3.26. The third-order valence-electron chi connectivity index (χ3n) is 2.26. The van der Waals surface area contributed by atoms with Gasteiger partial charge in [-0.25, -0.2) is 4.39 Å². The van der Waals surface area contributed by atoms with E-state index in [1.54, 1.807) is 6.92 Å². The van der Waals surface area contributed by atoms with E-state index in [4.69, 9.17) is 5.26 Å². The number of pyridine rings is 1. The van der Waals surface area contributed by atoms with Crippen LogP contribution in [0.15, 0.2) is 23.0 Å². The number of aromatic amines is 1. The number of H-pyrrole nitrogens is 1. The minimum absolute atomic E-state index is 0.0353. The molecule has 0 radical (unpaired) electrons. The summed E-state index contributed by atoms with van der Waals surface area (Å²) in [5.41, 5.74) is 0.649. The Kier molecular flexibility index (Phi) is 2.01. The van der Waals surface area contributed by atoms with Gasteiger partial charge in [0.05, 0.1) is 0 Å². The quantitative estimate of drug-likeness (QED) is 0.708. The van der Waals surface area contributed by atoms with E-state index >= 15 is 0 Å². The lowest BCUT2D eigenvalue weighted by Crippen LogP contribution is -2.10. The Morgan fingerprint density at radius 1 is 1.47 bits per heavy atom. The molecule has 0 aliphatic rings. The maximum Gasteiger partial charge on any atom is 0.207 e. The molecule has 1 heterocycles. The molecule has 0 spiro atoms. The van der Waals surface area contributed by atoms with E-state index in [0.717, 1.165) is 6.07 Å². The molecule has 0 aliphatic carbocycles. The number of aromatic nitrogens is 1. The fraction of sp³-hybridized carbons (Fsp3) is 0.0909. The molecule has 1 N–H and O–H groups in total. The van der Waals surface area contributed by atoms with Crippen molar-refractivity contribution in [3.05, 3.63) is 45.5 Å². The lowest BCUT2D eigenvalue weighted by Gasteiger charge is -2.01. The fourth-order valence-electron chi connectivity index (χ4n) is 1.52. The Morgan fingerprint density at radius 3 is 2.87 bits per heavy atom. The van der Waals surface area contributed by atoms with Gasteiger partial charge in [-0.15, -0.1) is 0 Å². The van der Waals surface area contributed by atoms with Gasteiger partial charge in [0, 0.05) is 16.6 Å². The van der Waals surface area contributed by atoms with Crippen molar-refractivity contribution in [3.8, 4) is 6.07 Å². The average Bonchev–Trinajstić information content (AvgIpc) is 2.20. The van der Waals surface area contributed by atoms with Crippen LogP contribution in [0.3, 0.4) is 0 Å². The van der Waals surface area contributed by atoms with Crippen molar-refractivity contribution in [1.82, 2.24) is 4.98 Å². The van der Waals surface area contributed by atoms with Crippen LogP contribution in [0.4, 0.5) is 4.39 Å². The van der Waals surface area contributed by atoms with Crippen molar-refractivity contribution < 1.29 is 4.39 Å². The van der Waals surface area contributed by atoms with Gasteiger partial charge in [0.25, 0.3) is 0 Å². The molecule has 4 heteroatoms. The summed E-state index contributed by atoms with van der Waals surface area (Å²) in [4.78, 5) is 14.6. The highest BCUT2D eigenvalue weighted by Crippen LogP contribution is 2.12. The molecule has 0 fully saturated rings. The minimum Gasteiger partial charge on any atom is -0.357 e. The SMILES string of the molecule is Cc1[nH]c2ccc(F)cc2c(=O)c1C#N. The Hall–Kier alpha value is -2.15. The lowest BCUT2D eigenvalue weighted by molar-refractivity contribution is 0.629. The van der Waals surface area contributed by atoms with E-state index in [-0.39, 0.29) is 10.9 Å². The molecular formula is C11H7FN2O. The number of aryl methyl sites for hydroxylation is 1. The smallest absolute Gasteiger partial charge is 0.207 e. The van der Waals surface area contributed by atoms with Crippen molar-refractivity contribution >= 4 is 10.9 Å². The Balaban J connectivity index is 3.01. The molecule has 0 unspecified atom stereocenters. The molecule has 0 saturated heterocycles. The number of hydrogen-bond donors (Lipinski definition) is 1. The van der Waals surface area contributed by atoms with Crippen molar-refractivity contribution in [2.75, 3.05) is 0 Å². The van der Waals surface area contributed by atoms with Gasteiger partial charge in [0.1, 0.15) is 17.4 Å². The molecule has 2 rings (SSSR count). The maximum absolute atomic E-state index is 12.9. The van der Waals surface area contributed by atoms with E-state index in [2.05, 4.69) is 4.98 Å². The van der Waals surface area contributed by atoms with Crippen LogP contribution in [0.1, 0.15) is 11.3 Å². The second kappa shape index (κ2) is 3.21. The Bertz CT molecular complexity index is 637. The van der Waals surface area contributed by atoms with Crippen LogP contribution in [-0.4, -0.2) is 4.98 Å². The van der Waals surface area contributed by atoms with Gasteiger partial charge in [0.2, 0.25) is 5.43 Å². The van der Waals surface area contributed by atoms with Crippen LogP contribution >= 0.6 is 0 Å². The molecule has 74 valence electrons. The van der Waals surface area contributed by atoms with Gasteiger partial charge in [0.15, 0.2) is 0 Å². The first-order valence-electron chi connectivity index (χ1n) is 4.35. The molecule has 1 aromatic carbocycles. The van der Waals surface area contributed by atoms with Crippen LogP contribution in [0, 0.1) is 24.1 Å². The standard InChI is InChI=1S/C11H7FN2O/c1-6-9(5-13)11(15)8-4-7(12)2-3-10(8)14-6/h2-4H,1H3,(H,14,15). The summed E-state index contributed by atoms with van der Waals surface area (Å²) in [6.07, 6.45) is 0. The van der Waals surface area contributed by atoms with Crippen LogP contribution in [0.5, 0.6) is 0 Å². The normalized spacial score (nSPS) is 10.2. The van der Waals surface area contributed by atoms with Gasteiger partial charge in [-0.3, -0.25) is 4.79 Å². The van der Waals surface area contributed by atoms with E-state index < -0.39 is 11.2 Å². The molecule has 0 amide bonds. The number of benzene rings is 1. The first-order valence-corrected chi connectivity index (χ1v) is 4.35. The number of nitriles is 1. The van der Waals surface area contributed by atoms with Crippen molar-refractivity contribution in [2.24, 2.45) is 0 Å². The number of fused-ring (bicyclic) bond motifs is 1. The summed E-state index contributed by atoms with van der Waals surface area (Å²) in [6, 6.07) is 5.70. The number of halogens is 1. The Labute approximate surface area is 84.8 Å². The highest BCUT2D eigenvalue weighted by Gasteiger charge is 2.08. The first kappa shape index (κ1) is 9.41. The first-order chi connectivity index (χ1) is 7.13. The largest absolute Gasteiger partial charge is 0.357 e. The molecule has 3 nitrogen and oxygen atoms in total. The minimum atomic E-state index is -0.485. The van der Waals surface area contributed by atoms with E-state index in [0.29, 0.717) is 11.2 Å². The predicted molar refractivity (Wildman–Crippen MR) is 54.0 cm³/mol. The van der Waals surface area contributed by atoms with Gasteiger partial charge in [-0.1, -0.05) is 0 Å². The van der Waals surface area contributed by atoms with E-state index in [1.165, 1.54) is 12.1 Å². The van der Waals surface area contributed by atoms with E-state index in [1.807, 2.05) is 6.07 Å². The van der Waals surface area contributed by atoms with Crippen LogP contribution in [-0.2, 0) is 0 Å². The van der Waals surface area contributed by atoms with Crippen molar-refractivity contribution in [2.45, 2.75) is 6.92 Å². The van der Waals surface area contributed by atoms with Crippen LogP contribution < -0.4 is 5.43 Å². The molecule has 0 bridgehead atoms. The molecule has 2 aromatic rings. The zero-order valence-corrected chi connectivity index (χ0v) is 7.97. The van der Waals surface area contributed by atoms with Crippen molar-refractivity contribution in [1.29, 1.82) is 5.26 Å². The highest BCUT2D eigenvalue weighted by molar-refractivity contribution is 5.80. The lowest BCUT2D eigenvalue weighted by atomic mass is 10.1. The molecule has 0 aliphatic heterocycles. The molecule has 1 aromatic heterocycles. The second-order valence-corrected chi connectivity index (χ2v) is 3.26. The van der Waals surface area contributed by atoms with Crippen LogP contribution in [0.25, 0.3) is 10.9 Å². The molecule has 15 heavy (non-hydrogen) atoms. The predicted octanol–water partition coefficient (Wildman–Crippen LogP) is 1.85. The van der Waals surface area contributed by atoms with E-state index in [9.17, 15) is 9.18 Å². The van der Waals surface area contributed by atoms with Crippen molar-refractivity contribution in [3.63, 3.8) is 0 Å². The van der Waals surface area contributed by atoms with Gasteiger partial charge >= 0.3 is 0 Å². The number of rotatable bonds is 0. The summed E-state index contributed by atoms with van der Waals surface area (Å²) in [6.45, 7) is 1.64. The molecule has 0 saturated carbocycles. The van der Waals surface area contributed by atoms with Gasteiger partial charge in [-0.2, -0.15) is 5.26 Å². The topological polar surface area (TPSA) is 56.6 Å². The molecule has 0 atom stereocenters. The zero-order chi connectivity index (χ0) is 11.0. The Morgan fingerprint density at radius 2 is 2.20 bits per heavy atom. The van der Waals surface area contributed by atoms with Crippen LogP contribution in [0.2, 0.25) is 0 Å². The summed E-state index contributed by atoms with van der Waals surface area (Å²) >= 11 is 0. The fourth-order valence-corrected chi connectivity index (χ4v) is 1.52. The maximum atomic E-state index is 12.9. The van der Waals surface area contributed by atoms with Gasteiger partial charge < -0.3 is 4.98 Å². The highest BCUT2D eigenvalue weighted by atomic mass is 19.1.